The molecule has 0 bridgehead atoms. The van der Waals surface area contributed by atoms with Gasteiger partial charge >= 0.3 is 0 Å². The Morgan fingerprint density at radius 2 is 1.44 bits per heavy atom. The lowest BCUT2D eigenvalue weighted by Gasteiger charge is -2.05. The van der Waals surface area contributed by atoms with Gasteiger partial charge in [-0.2, -0.15) is 10.2 Å². The molecule has 0 amide bonds. The van der Waals surface area contributed by atoms with Gasteiger partial charge in [-0.25, -0.2) is 9.97 Å². The minimum absolute atomic E-state index is 0.515. The molecule has 0 N–H and O–H groups in total. The summed E-state index contributed by atoms with van der Waals surface area (Å²) in [5.74, 6) is 6.63. The lowest BCUT2D eigenvalue weighted by Crippen LogP contribution is -1.87. The van der Waals surface area contributed by atoms with Crippen molar-refractivity contribution in [2.24, 2.45) is 10.2 Å². The average Bonchev–Trinajstić information content (AvgIpc) is 2.89. The van der Waals surface area contributed by atoms with Gasteiger partial charge in [-0.1, -0.05) is 68.0 Å². The van der Waals surface area contributed by atoms with Gasteiger partial charge in [0.05, 0.1) is 11.4 Å². The number of hydrogen-bond donors (Lipinski definition) is 0. The molecule has 3 rings (SSSR count). The second-order valence-corrected chi connectivity index (χ2v) is 9.19. The summed E-state index contributed by atoms with van der Waals surface area (Å²) in [5, 5.41) is 8.80. The van der Waals surface area contributed by atoms with Gasteiger partial charge in [0.1, 0.15) is 0 Å². The molecule has 0 saturated heterocycles. The van der Waals surface area contributed by atoms with Crippen LogP contribution in [0.1, 0.15) is 74.4 Å². The highest BCUT2D eigenvalue weighted by Gasteiger charge is 2.00. The van der Waals surface area contributed by atoms with Crippen molar-refractivity contribution in [1.29, 1.82) is 0 Å². The number of unbranched alkanes of at least 4 members (excludes halogenated alkanes) is 5. The number of benzene rings is 2. The number of aromatic nitrogens is 2. The molecule has 1 heterocycles. The molecule has 2 aromatic carbocycles. The average molecular weight is 477 g/mol. The van der Waals surface area contributed by atoms with Crippen LogP contribution in [0.4, 0.5) is 11.4 Å². The highest BCUT2D eigenvalue weighted by molar-refractivity contribution is 5.51. The smallest absolute Gasteiger partial charge is 0.205 e. The number of nitrogens with zero attached hydrogens (tertiary/aromatic N) is 4. The van der Waals surface area contributed by atoms with E-state index in [0.29, 0.717) is 5.82 Å². The van der Waals surface area contributed by atoms with E-state index in [4.69, 9.17) is 0 Å². The van der Waals surface area contributed by atoms with Crippen LogP contribution in [0.15, 0.2) is 95.5 Å². The molecule has 3 aromatic rings. The van der Waals surface area contributed by atoms with Crippen LogP contribution < -0.4 is 0 Å². The summed E-state index contributed by atoms with van der Waals surface area (Å²) < 4.78 is 0. The zero-order valence-corrected chi connectivity index (χ0v) is 21.6. The minimum atomic E-state index is 0.515. The number of azo groups is 1. The second kappa shape index (κ2) is 14.5. The maximum absolute atomic E-state index is 4.40. The molecule has 0 fully saturated rings. The van der Waals surface area contributed by atoms with Crippen LogP contribution in [-0.4, -0.2) is 9.97 Å². The summed E-state index contributed by atoms with van der Waals surface area (Å²) in [6.45, 7) is 12.1. The first-order valence-corrected chi connectivity index (χ1v) is 12.8. The third-order valence-electron chi connectivity index (χ3n) is 6.10. The van der Waals surface area contributed by atoms with Crippen molar-refractivity contribution < 1.29 is 0 Å². The fourth-order valence-electron chi connectivity index (χ4n) is 3.77. The van der Waals surface area contributed by atoms with Crippen molar-refractivity contribution in [3.05, 3.63) is 108 Å². The second-order valence-electron chi connectivity index (χ2n) is 9.19. The Hall–Kier alpha value is -3.84. The maximum atomic E-state index is 4.40. The zero-order chi connectivity index (χ0) is 25.6. The van der Waals surface area contributed by atoms with Gasteiger partial charge in [-0.15, -0.1) is 0 Å². The van der Waals surface area contributed by atoms with Crippen molar-refractivity contribution in [2.45, 2.75) is 65.2 Å². The molecule has 0 aliphatic carbocycles. The van der Waals surface area contributed by atoms with Crippen molar-refractivity contribution in [2.75, 3.05) is 0 Å². The Balaban J connectivity index is 1.39. The van der Waals surface area contributed by atoms with Crippen LogP contribution in [0.25, 0.3) is 0 Å². The van der Waals surface area contributed by atoms with Gasteiger partial charge in [0.2, 0.25) is 5.82 Å². The summed E-state index contributed by atoms with van der Waals surface area (Å²) in [6, 6.07) is 16.1. The van der Waals surface area contributed by atoms with Gasteiger partial charge < -0.3 is 0 Å². The minimum Gasteiger partial charge on any atom is -0.229 e. The number of allylic oxidation sites excluding steroid dienone is 2. The van der Waals surface area contributed by atoms with Gasteiger partial charge in [-0.3, -0.25) is 0 Å². The Kier molecular flexibility index (Phi) is 10.8. The van der Waals surface area contributed by atoms with Crippen molar-refractivity contribution >= 4 is 11.4 Å². The van der Waals surface area contributed by atoms with Crippen LogP contribution in [0.5, 0.6) is 0 Å². The predicted octanol–water partition coefficient (Wildman–Crippen LogP) is 9.01. The fourth-order valence-corrected chi connectivity index (χ4v) is 3.77. The number of aryl methyl sites for hydroxylation is 2. The molecular weight excluding hydrogens is 440 g/mol. The quantitative estimate of drug-likeness (QED) is 0.113. The van der Waals surface area contributed by atoms with E-state index in [1.807, 2.05) is 44.2 Å². The summed E-state index contributed by atoms with van der Waals surface area (Å²) in [7, 11) is 0. The Morgan fingerprint density at radius 3 is 2.14 bits per heavy atom. The third kappa shape index (κ3) is 9.43. The molecular formula is C32H36N4. The largest absolute Gasteiger partial charge is 0.229 e. The lowest BCUT2D eigenvalue weighted by molar-refractivity contribution is 0.594. The highest BCUT2D eigenvalue weighted by Crippen LogP contribution is 2.22. The van der Waals surface area contributed by atoms with E-state index in [1.165, 1.54) is 49.7 Å². The van der Waals surface area contributed by atoms with Gasteiger partial charge in [0.25, 0.3) is 0 Å². The van der Waals surface area contributed by atoms with Gasteiger partial charge in [-0.05, 0) is 93.0 Å². The molecule has 36 heavy (non-hydrogen) atoms. The predicted molar refractivity (Wildman–Crippen MR) is 150 cm³/mol. The van der Waals surface area contributed by atoms with Crippen molar-refractivity contribution in [1.82, 2.24) is 9.97 Å². The van der Waals surface area contributed by atoms with E-state index in [1.54, 1.807) is 18.5 Å². The summed E-state index contributed by atoms with van der Waals surface area (Å²) in [5.41, 5.74) is 7.31. The summed E-state index contributed by atoms with van der Waals surface area (Å²) in [4.78, 5) is 8.26. The molecule has 0 aliphatic heterocycles. The molecule has 0 aliphatic rings. The fraction of sp³-hybridized carbons (Fsp3) is 0.312. The van der Waals surface area contributed by atoms with E-state index in [2.05, 4.69) is 57.3 Å². The molecule has 0 radical (unpaired) electrons. The maximum Gasteiger partial charge on any atom is 0.205 e. The van der Waals surface area contributed by atoms with Crippen molar-refractivity contribution in [3.63, 3.8) is 0 Å². The Bertz CT molecular complexity index is 1230. The SMILES string of the molecule is C=C(C)C(=C)CCCCCCCCc1ccc(/N=N/c2ccc(C#Cc3ncccn3)c(C)c2)cc1. The first-order valence-electron chi connectivity index (χ1n) is 12.8. The zero-order valence-electron chi connectivity index (χ0n) is 21.6. The molecule has 184 valence electrons. The molecule has 4 nitrogen and oxygen atoms in total. The molecule has 0 atom stereocenters. The van der Waals surface area contributed by atoms with E-state index in [-0.39, 0.29) is 0 Å². The van der Waals surface area contributed by atoms with Crippen LogP contribution in [0.2, 0.25) is 0 Å². The van der Waals surface area contributed by atoms with E-state index in [0.717, 1.165) is 40.9 Å². The monoisotopic (exact) mass is 476 g/mol. The van der Waals surface area contributed by atoms with E-state index in [9.17, 15) is 0 Å². The van der Waals surface area contributed by atoms with Gasteiger partial charge in [0, 0.05) is 18.0 Å². The standard InChI is InChI=1S/C32H36N4/c1-25(2)26(3)12-9-7-5-6-8-10-13-28-14-18-30(19-15-28)35-36-31-20-16-29(27(4)24-31)17-21-32-33-22-11-23-34-32/h11,14-16,18-20,22-24H,1,3,5-10,12-13H2,2,4H3/b36-35+. The lowest BCUT2D eigenvalue weighted by atomic mass is 10.0. The first-order chi connectivity index (χ1) is 17.5. The van der Waals surface area contributed by atoms with E-state index < -0.39 is 0 Å². The van der Waals surface area contributed by atoms with Crippen LogP contribution in [0, 0.1) is 18.8 Å². The topological polar surface area (TPSA) is 50.5 Å². The molecule has 1 aromatic heterocycles. The van der Waals surface area contributed by atoms with Crippen LogP contribution >= 0.6 is 0 Å². The molecule has 0 spiro atoms. The van der Waals surface area contributed by atoms with Crippen molar-refractivity contribution in [3.8, 4) is 11.8 Å². The molecule has 4 heteroatoms. The molecule has 0 unspecified atom stereocenters. The highest BCUT2D eigenvalue weighted by atomic mass is 15.1. The van der Waals surface area contributed by atoms with E-state index >= 15 is 0 Å². The first kappa shape index (κ1) is 26.8. The Morgan fingerprint density at radius 1 is 0.806 bits per heavy atom. The molecule has 0 saturated carbocycles. The van der Waals surface area contributed by atoms with Gasteiger partial charge in [0.15, 0.2) is 0 Å². The number of rotatable bonds is 12. The Labute approximate surface area is 216 Å². The third-order valence-corrected chi connectivity index (χ3v) is 6.10. The summed E-state index contributed by atoms with van der Waals surface area (Å²) >= 11 is 0. The van der Waals surface area contributed by atoms with Crippen LogP contribution in [-0.2, 0) is 6.42 Å². The van der Waals surface area contributed by atoms with Crippen LogP contribution in [0.3, 0.4) is 0 Å². The number of hydrogen-bond acceptors (Lipinski definition) is 4. The normalized spacial score (nSPS) is 10.7. The summed E-state index contributed by atoms with van der Waals surface area (Å²) in [6.07, 6.45) is 13.2.